The predicted molar refractivity (Wildman–Crippen MR) is 75.7 cm³/mol. The Balaban J connectivity index is 2.37. The summed E-state index contributed by atoms with van der Waals surface area (Å²) in [6.07, 6.45) is 0. The van der Waals surface area contributed by atoms with Crippen molar-refractivity contribution in [3.63, 3.8) is 0 Å². The summed E-state index contributed by atoms with van der Waals surface area (Å²) in [4.78, 5) is 1.61. The van der Waals surface area contributed by atoms with Gasteiger partial charge in [-0.2, -0.15) is 0 Å². The molecule has 18 heavy (non-hydrogen) atoms. The molecule has 0 aliphatic carbocycles. The van der Waals surface area contributed by atoms with Crippen LogP contribution in [0.2, 0.25) is 0 Å². The van der Waals surface area contributed by atoms with Crippen LogP contribution in [0.3, 0.4) is 0 Å². The number of rotatable bonds is 3. The van der Waals surface area contributed by atoms with Gasteiger partial charge in [0.2, 0.25) is 0 Å². The first kappa shape index (κ1) is 13.1. The van der Waals surface area contributed by atoms with E-state index in [1.807, 2.05) is 18.2 Å². The molecule has 0 aliphatic heterocycles. The van der Waals surface area contributed by atoms with Gasteiger partial charge in [-0.1, -0.05) is 33.8 Å². The smallest absolute Gasteiger partial charge is 0.124 e. The third kappa shape index (κ3) is 3.11. The monoisotopic (exact) mass is 324 g/mol. The highest BCUT2D eigenvalue weighted by Crippen LogP contribution is 2.32. The van der Waals surface area contributed by atoms with Crippen LogP contribution in [0.5, 0.6) is 0 Å². The van der Waals surface area contributed by atoms with Crippen LogP contribution in [0.4, 0.5) is 4.39 Å². The average molecular weight is 325 g/mol. The minimum Gasteiger partial charge on any atom is -0.384 e. The van der Waals surface area contributed by atoms with Crippen molar-refractivity contribution in [2.45, 2.75) is 9.79 Å². The molecule has 0 aromatic heterocycles. The van der Waals surface area contributed by atoms with E-state index in [1.165, 1.54) is 23.9 Å². The molecule has 0 fully saturated rings. The maximum absolute atomic E-state index is 13.1. The first-order valence-corrected chi connectivity index (χ1v) is 6.74. The molecule has 0 unspecified atom stereocenters. The van der Waals surface area contributed by atoms with Crippen molar-refractivity contribution in [2.24, 2.45) is 5.73 Å². The molecule has 0 heterocycles. The fourth-order valence-corrected chi connectivity index (χ4v) is 2.81. The van der Waals surface area contributed by atoms with E-state index in [-0.39, 0.29) is 11.7 Å². The summed E-state index contributed by atoms with van der Waals surface area (Å²) in [6, 6.07) is 11.8. The van der Waals surface area contributed by atoms with E-state index in [1.54, 1.807) is 12.1 Å². The molecule has 92 valence electrons. The Hall–Kier alpha value is -1.33. The fourth-order valence-electron chi connectivity index (χ4n) is 1.46. The Bertz CT molecular complexity index is 601. The zero-order valence-electron chi connectivity index (χ0n) is 9.28. The highest BCUT2D eigenvalue weighted by atomic mass is 79.9. The SMILES string of the molecule is N=C(N)c1cc(Br)ccc1Sc1cccc(F)c1. The van der Waals surface area contributed by atoms with Crippen LogP contribution in [0.15, 0.2) is 56.7 Å². The minimum absolute atomic E-state index is 0.00444. The number of halogens is 2. The van der Waals surface area contributed by atoms with Crippen molar-refractivity contribution in [1.82, 2.24) is 0 Å². The van der Waals surface area contributed by atoms with E-state index < -0.39 is 0 Å². The van der Waals surface area contributed by atoms with Gasteiger partial charge in [0.15, 0.2) is 0 Å². The lowest BCUT2D eigenvalue weighted by atomic mass is 10.2. The van der Waals surface area contributed by atoms with Gasteiger partial charge in [-0.05, 0) is 36.4 Å². The fraction of sp³-hybridized carbons (Fsp3) is 0. The first-order valence-electron chi connectivity index (χ1n) is 5.13. The number of hydrogen-bond acceptors (Lipinski definition) is 2. The van der Waals surface area contributed by atoms with E-state index in [2.05, 4.69) is 15.9 Å². The first-order chi connectivity index (χ1) is 8.56. The number of hydrogen-bond donors (Lipinski definition) is 2. The lowest BCUT2D eigenvalue weighted by Gasteiger charge is -2.08. The second kappa shape index (κ2) is 5.54. The van der Waals surface area contributed by atoms with Crippen LogP contribution < -0.4 is 5.73 Å². The summed E-state index contributed by atoms with van der Waals surface area (Å²) in [5, 5.41) is 7.55. The normalized spacial score (nSPS) is 10.3. The van der Waals surface area contributed by atoms with Crippen LogP contribution in [-0.4, -0.2) is 5.84 Å². The molecule has 2 nitrogen and oxygen atoms in total. The van der Waals surface area contributed by atoms with Crippen LogP contribution in [0.25, 0.3) is 0 Å². The third-order valence-corrected chi connectivity index (χ3v) is 3.81. The number of nitrogen functional groups attached to an aromatic ring is 1. The van der Waals surface area contributed by atoms with Crippen molar-refractivity contribution in [3.8, 4) is 0 Å². The van der Waals surface area contributed by atoms with E-state index in [4.69, 9.17) is 11.1 Å². The minimum atomic E-state index is -0.276. The molecule has 0 radical (unpaired) electrons. The van der Waals surface area contributed by atoms with Crippen molar-refractivity contribution >= 4 is 33.5 Å². The Labute approximate surface area is 117 Å². The summed E-state index contributed by atoms with van der Waals surface area (Å²) in [7, 11) is 0. The molecule has 0 saturated carbocycles. The molecular weight excluding hydrogens is 315 g/mol. The van der Waals surface area contributed by atoms with E-state index in [9.17, 15) is 4.39 Å². The molecule has 0 amide bonds. The van der Waals surface area contributed by atoms with Crippen LogP contribution in [0, 0.1) is 11.2 Å². The van der Waals surface area contributed by atoms with Crippen molar-refractivity contribution < 1.29 is 4.39 Å². The number of amidine groups is 1. The van der Waals surface area contributed by atoms with Crippen LogP contribution in [0.1, 0.15) is 5.56 Å². The Morgan fingerprint density at radius 3 is 2.67 bits per heavy atom. The zero-order chi connectivity index (χ0) is 13.1. The van der Waals surface area contributed by atoms with Gasteiger partial charge in [0.1, 0.15) is 11.7 Å². The van der Waals surface area contributed by atoms with Crippen molar-refractivity contribution in [1.29, 1.82) is 5.41 Å². The standard InChI is InChI=1S/C13H10BrFN2S/c14-8-4-5-12(11(6-8)13(16)17)18-10-3-1-2-9(15)7-10/h1-7H,(H3,16,17). The molecule has 0 spiro atoms. The topological polar surface area (TPSA) is 49.9 Å². The Kier molecular flexibility index (Phi) is 4.04. The number of nitrogens with two attached hydrogens (primary N) is 1. The van der Waals surface area contributed by atoms with Gasteiger partial charge in [0.25, 0.3) is 0 Å². The predicted octanol–water partition coefficient (Wildman–Crippen LogP) is 4.02. The maximum atomic E-state index is 13.1. The summed E-state index contributed by atoms with van der Waals surface area (Å²) >= 11 is 4.72. The average Bonchev–Trinajstić information content (AvgIpc) is 2.31. The van der Waals surface area contributed by atoms with E-state index >= 15 is 0 Å². The molecule has 2 aromatic rings. The third-order valence-electron chi connectivity index (χ3n) is 2.26. The largest absolute Gasteiger partial charge is 0.384 e. The maximum Gasteiger partial charge on any atom is 0.124 e. The summed E-state index contributed by atoms with van der Waals surface area (Å²) in [6.45, 7) is 0. The molecule has 5 heteroatoms. The molecular formula is C13H10BrFN2S. The highest BCUT2D eigenvalue weighted by Gasteiger charge is 2.08. The van der Waals surface area contributed by atoms with E-state index in [0.29, 0.717) is 5.56 Å². The molecule has 0 saturated heterocycles. The summed E-state index contributed by atoms with van der Waals surface area (Å²) < 4.78 is 14.0. The molecule has 2 aromatic carbocycles. The number of benzene rings is 2. The molecule has 0 bridgehead atoms. The highest BCUT2D eigenvalue weighted by molar-refractivity contribution is 9.10. The Morgan fingerprint density at radius 2 is 2.00 bits per heavy atom. The van der Waals surface area contributed by atoms with Gasteiger partial charge >= 0.3 is 0 Å². The lowest BCUT2D eigenvalue weighted by molar-refractivity contribution is 0.624. The molecule has 3 N–H and O–H groups in total. The summed E-state index contributed by atoms with van der Waals surface area (Å²) in [5.74, 6) is -0.281. The van der Waals surface area contributed by atoms with Crippen LogP contribution >= 0.6 is 27.7 Å². The van der Waals surface area contributed by atoms with Gasteiger partial charge in [0.05, 0.1) is 0 Å². The van der Waals surface area contributed by atoms with E-state index in [0.717, 1.165) is 14.3 Å². The van der Waals surface area contributed by atoms with Gasteiger partial charge in [0, 0.05) is 19.8 Å². The van der Waals surface area contributed by atoms with Gasteiger partial charge < -0.3 is 5.73 Å². The van der Waals surface area contributed by atoms with Gasteiger partial charge in [-0.15, -0.1) is 0 Å². The number of nitrogens with one attached hydrogen (secondary N) is 1. The van der Waals surface area contributed by atoms with Crippen LogP contribution in [-0.2, 0) is 0 Å². The Morgan fingerprint density at radius 1 is 1.22 bits per heavy atom. The van der Waals surface area contributed by atoms with Gasteiger partial charge in [-0.25, -0.2) is 4.39 Å². The van der Waals surface area contributed by atoms with Crippen molar-refractivity contribution in [2.75, 3.05) is 0 Å². The lowest BCUT2D eigenvalue weighted by Crippen LogP contribution is -2.12. The van der Waals surface area contributed by atoms with Crippen molar-refractivity contribution in [3.05, 3.63) is 58.3 Å². The molecule has 0 atom stereocenters. The second-order valence-electron chi connectivity index (χ2n) is 3.61. The zero-order valence-corrected chi connectivity index (χ0v) is 11.7. The second-order valence-corrected chi connectivity index (χ2v) is 5.64. The quantitative estimate of drug-likeness (QED) is 0.661. The molecule has 0 aliphatic rings. The summed E-state index contributed by atoms with van der Waals surface area (Å²) in [5.41, 5.74) is 6.18. The van der Waals surface area contributed by atoms with Gasteiger partial charge in [-0.3, -0.25) is 5.41 Å². The molecule has 2 rings (SSSR count).